The summed E-state index contributed by atoms with van der Waals surface area (Å²) in [6, 6.07) is 2.63. The summed E-state index contributed by atoms with van der Waals surface area (Å²) in [5, 5.41) is 15.8. The molecule has 8 heteroatoms. The molecule has 19 heavy (non-hydrogen) atoms. The lowest BCUT2D eigenvalue weighted by Crippen LogP contribution is -2.20. The first-order chi connectivity index (χ1) is 8.97. The van der Waals surface area contributed by atoms with Crippen LogP contribution in [0.4, 0.5) is 25.8 Å². The van der Waals surface area contributed by atoms with Gasteiger partial charge in [-0.3, -0.25) is 14.9 Å². The van der Waals surface area contributed by atoms with Gasteiger partial charge in [0.2, 0.25) is 5.91 Å². The Morgan fingerprint density at radius 1 is 1.42 bits per heavy atom. The van der Waals surface area contributed by atoms with Crippen LogP contribution in [-0.2, 0) is 11.2 Å². The minimum absolute atomic E-state index is 0.0419. The van der Waals surface area contributed by atoms with Gasteiger partial charge in [-0.2, -0.15) is 0 Å². The van der Waals surface area contributed by atoms with Crippen LogP contribution in [0.3, 0.4) is 0 Å². The van der Waals surface area contributed by atoms with Gasteiger partial charge in [-0.25, -0.2) is 8.78 Å². The lowest BCUT2D eigenvalue weighted by atomic mass is 10.0. The van der Waals surface area contributed by atoms with Crippen LogP contribution in [0.5, 0.6) is 0 Å². The topological polar surface area (TPSA) is 84.3 Å². The lowest BCUT2D eigenvalue weighted by Gasteiger charge is -2.18. The Kier molecular flexibility index (Phi) is 3.59. The highest BCUT2D eigenvalue weighted by molar-refractivity contribution is 5.95. The van der Waals surface area contributed by atoms with Gasteiger partial charge < -0.3 is 10.6 Å². The molecule has 0 saturated heterocycles. The zero-order valence-electron chi connectivity index (χ0n) is 9.78. The standard InChI is InChI=1S/C11H11F2N3O3/c12-10(13)5-14-8-3-6-1-2-11(17)15-7(6)4-9(8)16(18)19/h3-4,10,14H,1-2,5H2,(H,15,17). The number of hydrogen-bond acceptors (Lipinski definition) is 4. The predicted molar refractivity (Wildman–Crippen MR) is 64.5 cm³/mol. The van der Waals surface area contributed by atoms with Gasteiger partial charge in [0, 0.05) is 12.5 Å². The van der Waals surface area contributed by atoms with Crippen LogP contribution in [0.2, 0.25) is 0 Å². The Hall–Kier alpha value is -2.25. The molecular weight excluding hydrogens is 260 g/mol. The summed E-state index contributed by atoms with van der Waals surface area (Å²) in [4.78, 5) is 21.4. The number of hydrogen-bond donors (Lipinski definition) is 2. The van der Waals surface area contributed by atoms with E-state index in [9.17, 15) is 23.7 Å². The Morgan fingerprint density at radius 3 is 2.79 bits per heavy atom. The summed E-state index contributed by atoms with van der Waals surface area (Å²) in [6.45, 7) is -0.661. The molecule has 0 spiro atoms. The molecule has 2 rings (SSSR count). The molecule has 102 valence electrons. The van der Waals surface area contributed by atoms with Crippen LogP contribution in [0.1, 0.15) is 12.0 Å². The molecule has 1 aliphatic heterocycles. The molecule has 6 nitrogen and oxygen atoms in total. The van der Waals surface area contributed by atoms with Crippen molar-refractivity contribution in [1.82, 2.24) is 0 Å². The van der Waals surface area contributed by atoms with Crippen LogP contribution in [0.15, 0.2) is 12.1 Å². The van der Waals surface area contributed by atoms with E-state index in [0.29, 0.717) is 17.7 Å². The highest BCUT2D eigenvalue weighted by atomic mass is 19.3. The minimum Gasteiger partial charge on any atom is -0.374 e. The van der Waals surface area contributed by atoms with E-state index >= 15 is 0 Å². The van der Waals surface area contributed by atoms with Crippen molar-refractivity contribution in [1.29, 1.82) is 0 Å². The van der Waals surface area contributed by atoms with E-state index in [4.69, 9.17) is 0 Å². The molecular formula is C11H11F2N3O3. The van der Waals surface area contributed by atoms with Crippen molar-refractivity contribution in [3.8, 4) is 0 Å². The van der Waals surface area contributed by atoms with Gasteiger partial charge in [0.05, 0.1) is 17.2 Å². The number of carbonyl (C=O) groups is 1. The molecule has 1 amide bonds. The van der Waals surface area contributed by atoms with Gasteiger partial charge in [0.15, 0.2) is 0 Å². The number of alkyl halides is 2. The molecule has 1 aromatic carbocycles. The average Bonchev–Trinajstić information content (AvgIpc) is 2.35. The largest absolute Gasteiger partial charge is 0.374 e. The molecule has 1 aliphatic rings. The fraction of sp³-hybridized carbons (Fsp3) is 0.364. The van der Waals surface area contributed by atoms with Crippen LogP contribution in [-0.4, -0.2) is 23.8 Å². The van der Waals surface area contributed by atoms with E-state index in [1.165, 1.54) is 12.1 Å². The van der Waals surface area contributed by atoms with Crippen molar-refractivity contribution in [3.05, 3.63) is 27.8 Å². The molecule has 0 unspecified atom stereocenters. The van der Waals surface area contributed by atoms with Crippen LogP contribution in [0, 0.1) is 10.1 Å². The highest BCUT2D eigenvalue weighted by Gasteiger charge is 2.22. The van der Waals surface area contributed by atoms with Crippen molar-refractivity contribution in [3.63, 3.8) is 0 Å². The molecule has 1 aromatic rings. The SMILES string of the molecule is O=C1CCc2cc(NCC(F)F)c([N+](=O)[O-])cc2N1. The second-order valence-corrected chi connectivity index (χ2v) is 4.10. The number of rotatable bonds is 4. The highest BCUT2D eigenvalue weighted by Crippen LogP contribution is 2.34. The molecule has 1 heterocycles. The van der Waals surface area contributed by atoms with Crippen molar-refractivity contribution < 1.29 is 18.5 Å². The zero-order chi connectivity index (χ0) is 14.0. The Balaban J connectivity index is 2.36. The van der Waals surface area contributed by atoms with E-state index in [1.807, 2.05) is 0 Å². The summed E-state index contributed by atoms with van der Waals surface area (Å²) < 4.78 is 24.3. The third kappa shape index (κ3) is 2.95. The first-order valence-electron chi connectivity index (χ1n) is 5.60. The van der Waals surface area contributed by atoms with Gasteiger partial charge in [0.25, 0.3) is 12.1 Å². The Morgan fingerprint density at radius 2 is 2.16 bits per heavy atom. The van der Waals surface area contributed by atoms with Crippen LogP contribution in [0.25, 0.3) is 0 Å². The first kappa shape index (κ1) is 13.2. The second kappa shape index (κ2) is 5.17. The summed E-state index contributed by atoms with van der Waals surface area (Å²) >= 11 is 0. The number of halogens is 2. The van der Waals surface area contributed by atoms with Crippen molar-refractivity contribution in [2.75, 3.05) is 17.2 Å². The number of benzene rings is 1. The number of nitro benzene ring substituents is 1. The predicted octanol–water partition coefficient (Wildman–Crippen LogP) is 2.16. The molecule has 0 aliphatic carbocycles. The van der Waals surface area contributed by atoms with Crippen molar-refractivity contribution >= 4 is 23.0 Å². The third-order valence-corrected chi connectivity index (χ3v) is 2.76. The summed E-state index contributed by atoms with van der Waals surface area (Å²) in [6.07, 6.45) is -1.89. The van der Waals surface area contributed by atoms with Gasteiger partial charge in [0.1, 0.15) is 5.69 Å². The monoisotopic (exact) mass is 271 g/mol. The molecule has 0 saturated carbocycles. The summed E-state index contributed by atoms with van der Waals surface area (Å²) in [5.74, 6) is -0.213. The quantitative estimate of drug-likeness (QED) is 0.649. The number of nitrogens with one attached hydrogen (secondary N) is 2. The van der Waals surface area contributed by atoms with Crippen molar-refractivity contribution in [2.24, 2.45) is 0 Å². The number of nitro groups is 1. The number of anilines is 2. The number of amides is 1. The molecule has 0 fully saturated rings. The van der Waals surface area contributed by atoms with E-state index in [0.717, 1.165) is 0 Å². The average molecular weight is 271 g/mol. The smallest absolute Gasteiger partial charge is 0.294 e. The van der Waals surface area contributed by atoms with Crippen LogP contribution >= 0.6 is 0 Å². The molecule has 0 bridgehead atoms. The minimum atomic E-state index is -2.60. The first-order valence-corrected chi connectivity index (χ1v) is 5.60. The zero-order valence-corrected chi connectivity index (χ0v) is 9.78. The number of fused-ring (bicyclic) bond motifs is 1. The van der Waals surface area contributed by atoms with Gasteiger partial charge in [-0.15, -0.1) is 0 Å². The second-order valence-electron chi connectivity index (χ2n) is 4.10. The number of nitrogens with zero attached hydrogens (tertiary/aromatic N) is 1. The maximum Gasteiger partial charge on any atom is 0.294 e. The lowest BCUT2D eigenvalue weighted by molar-refractivity contribution is -0.383. The van der Waals surface area contributed by atoms with E-state index < -0.39 is 17.9 Å². The molecule has 0 aromatic heterocycles. The third-order valence-electron chi connectivity index (χ3n) is 2.76. The van der Waals surface area contributed by atoms with E-state index in [2.05, 4.69) is 10.6 Å². The fourth-order valence-electron chi connectivity index (χ4n) is 1.90. The number of carbonyl (C=O) groups excluding carboxylic acids is 1. The Labute approximate surface area is 106 Å². The molecule has 0 atom stereocenters. The maximum absolute atomic E-state index is 12.2. The Bertz CT molecular complexity index is 534. The van der Waals surface area contributed by atoms with Gasteiger partial charge >= 0.3 is 0 Å². The van der Waals surface area contributed by atoms with Gasteiger partial charge in [-0.1, -0.05) is 0 Å². The normalized spacial score (nSPS) is 13.9. The maximum atomic E-state index is 12.2. The molecule has 2 N–H and O–H groups in total. The van der Waals surface area contributed by atoms with Crippen LogP contribution < -0.4 is 10.6 Å². The van der Waals surface area contributed by atoms with E-state index in [-0.39, 0.29) is 23.7 Å². The summed E-state index contributed by atoms with van der Waals surface area (Å²) in [7, 11) is 0. The summed E-state index contributed by atoms with van der Waals surface area (Å²) in [5.41, 5.74) is 0.773. The molecule has 0 radical (unpaired) electrons. The number of aryl methyl sites for hydroxylation is 1. The fourth-order valence-corrected chi connectivity index (χ4v) is 1.90. The van der Waals surface area contributed by atoms with Crippen molar-refractivity contribution in [2.45, 2.75) is 19.3 Å². The van der Waals surface area contributed by atoms with E-state index in [1.54, 1.807) is 0 Å². The van der Waals surface area contributed by atoms with Gasteiger partial charge in [-0.05, 0) is 18.1 Å².